The van der Waals surface area contributed by atoms with E-state index < -0.39 is 15.6 Å². The van der Waals surface area contributed by atoms with Gasteiger partial charge in [-0.15, -0.1) is 5.11 Å². The Morgan fingerprint density at radius 3 is 2.31 bits per heavy atom. The molecule has 0 spiro atoms. The summed E-state index contributed by atoms with van der Waals surface area (Å²) in [5.41, 5.74) is 1.21. The molecule has 0 amide bonds. The standard InChI is InChI=1S/C25H38N4O6S/c1-17(2)7-6-8-18(3)29-24(31)20(5)19(4)23(25(29)32)28-27-21-9-11-22(12-10-21)36(33,34)26-13-15-35-16-14-30/h9-12,17-18,26,30-31H,6-8,13-16H2,1-5H3. The number of nitrogens with zero attached hydrogens (tertiary/aromatic N) is 3. The quantitative estimate of drug-likeness (QED) is 0.250. The molecule has 1 atom stereocenters. The van der Waals surface area contributed by atoms with Gasteiger partial charge >= 0.3 is 0 Å². The van der Waals surface area contributed by atoms with Crippen LogP contribution >= 0.6 is 0 Å². The zero-order valence-corrected chi connectivity index (χ0v) is 22.5. The van der Waals surface area contributed by atoms with Crippen LogP contribution in [0.4, 0.5) is 11.4 Å². The highest BCUT2D eigenvalue weighted by molar-refractivity contribution is 7.89. The maximum absolute atomic E-state index is 13.2. The van der Waals surface area contributed by atoms with Crippen molar-refractivity contribution in [1.82, 2.24) is 9.29 Å². The largest absolute Gasteiger partial charge is 0.494 e. The lowest BCUT2D eigenvalue weighted by molar-refractivity contribution is 0.0961. The van der Waals surface area contributed by atoms with E-state index in [1.165, 1.54) is 28.8 Å². The van der Waals surface area contributed by atoms with E-state index in [-0.39, 0.29) is 48.9 Å². The first-order chi connectivity index (χ1) is 17.0. The zero-order valence-electron chi connectivity index (χ0n) is 21.7. The molecular formula is C25H38N4O6S. The molecule has 1 aromatic carbocycles. The molecule has 10 nitrogen and oxygen atoms in total. The zero-order chi connectivity index (χ0) is 26.9. The Morgan fingerprint density at radius 2 is 1.69 bits per heavy atom. The van der Waals surface area contributed by atoms with Crippen LogP contribution in [0.15, 0.2) is 44.2 Å². The second-order valence-electron chi connectivity index (χ2n) is 9.20. The van der Waals surface area contributed by atoms with Gasteiger partial charge in [-0.2, -0.15) is 5.11 Å². The second kappa shape index (κ2) is 13.6. The number of hydrogen-bond acceptors (Lipinski definition) is 8. The first kappa shape index (κ1) is 29.6. The minimum atomic E-state index is -3.73. The van der Waals surface area contributed by atoms with Crippen molar-refractivity contribution in [3.63, 3.8) is 0 Å². The average molecular weight is 523 g/mol. The summed E-state index contributed by atoms with van der Waals surface area (Å²) in [6, 6.07) is 5.59. The smallest absolute Gasteiger partial charge is 0.281 e. The molecule has 0 aliphatic rings. The van der Waals surface area contributed by atoms with Crippen LogP contribution in [0, 0.1) is 19.8 Å². The third kappa shape index (κ3) is 7.95. The van der Waals surface area contributed by atoms with Crippen molar-refractivity contribution in [1.29, 1.82) is 0 Å². The number of hydrogen-bond donors (Lipinski definition) is 3. The monoisotopic (exact) mass is 522 g/mol. The molecule has 11 heteroatoms. The van der Waals surface area contributed by atoms with E-state index in [2.05, 4.69) is 28.8 Å². The van der Waals surface area contributed by atoms with E-state index in [1.54, 1.807) is 13.8 Å². The number of aromatic hydroxyl groups is 1. The highest BCUT2D eigenvalue weighted by Gasteiger charge is 2.20. The van der Waals surface area contributed by atoms with Crippen LogP contribution in [0.1, 0.15) is 57.2 Å². The molecule has 0 fully saturated rings. The van der Waals surface area contributed by atoms with Crippen molar-refractivity contribution in [2.24, 2.45) is 16.1 Å². The van der Waals surface area contributed by atoms with Crippen LogP contribution in [0.5, 0.6) is 5.88 Å². The average Bonchev–Trinajstić information content (AvgIpc) is 2.82. The lowest BCUT2D eigenvalue weighted by Crippen LogP contribution is -2.27. The third-order valence-corrected chi connectivity index (χ3v) is 7.41. The van der Waals surface area contributed by atoms with E-state index in [0.717, 1.165) is 19.3 Å². The highest BCUT2D eigenvalue weighted by Crippen LogP contribution is 2.30. The van der Waals surface area contributed by atoms with E-state index in [9.17, 15) is 18.3 Å². The molecule has 3 N–H and O–H groups in total. The van der Waals surface area contributed by atoms with Crippen molar-refractivity contribution in [2.75, 3.05) is 26.4 Å². The number of rotatable bonds is 14. The molecule has 1 unspecified atom stereocenters. The minimum Gasteiger partial charge on any atom is -0.494 e. The van der Waals surface area contributed by atoms with Gasteiger partial charge in [0.25, 0.3) is 5.56 Å². The summed E-state index contributed by atoms with van der Waals surface area (Å²) >= 11 is 0. The summed E-state index contributed by atoms with van der Waals surface area (Å²) in [5.74, 6) is 0.506. The number of benzene rings is 1. The number of ether oxygens (including phenoxy) is 1. The van der Waals surface area contributed by atoms with Gasteiger partial charge in [0, 0.05) is 18.2 Å². The molecule has 2 aromatic rings. The molecule has 1 heterocycles. The lowest BCUT2D eigenvalue weighted by atomic mass is 10.0. The van der Waals surface area contributed by atoms with Crippen LogP contribution in [0.25, 0.3) is 0 Å². The molecule has 0 saturated carbocycles. The first-order valence-electron chi connectivity index (χ1n) is 12.1. The van der Waals surface area contributed by atoms with Gasteiger partial charge in [-0.25, -0.2) is 13.1 Å². The van der Waals surface area contributed by atoms with Gasteiger partial charge in [0.15, 0.2) is 11.6 Å². The van der Waals surface area contributed by atoms with Crippen molar-refractivity contribution >= 4 is 21.4 Å². The van der Waals surface area contributed by atoms with E-state index in [1.807, 2.05) is 6.92 Å². The first-order valence-corrected chi connectivity index (χ1v) is 13.6. The molecule has 0 radical (unpaired) electrons. The maximum atomic E-state index is 13.2. The van der Waals surface area contributed by atoms with Gasteiger partial charge in [-0.3, -0.25) is 9.36 Å². The van der Waals surface area contributed by atoms with Crippen LogP contribution < -0.4 is 10.3 Å². The van der Waals surface area contributed by atoms with Gasteiger partial charge in [-0.1, -0.05) is 26.7 Å². The van der Waals surface area contributed by atoms with Gasteiger partial charge in [-0.05, 0) is 62.9 Å². The number of sulfonamides is 1. The van der Waals surface area contributed by atoms with E-state index in [0.29, 0.717) is 22.7 Å². The number of pyridine rings is 1. The Bertz CT molecular complexity index is 1190. The van der Waals surface area contributed by atoms with Crippen molar-refractivity contribution in [3.05, 3.63) is 45.7 Å². The Balaban J connectivity index is 2.22. The molecule has 200 valence electrons. The summed E-state index contributed by atoms with van der Waals surface area (Å²) in [7, 11) is -3.73. The topological polar surface area (TPSA) is 143 Å². The Hall–Kier alpha value is -2.60. The van der Waals surface area contributed by atoms with Crippen molar-refractivity contribution < 1.29 is 23.4 Å². The third-order valence-electron chi connectivity index (χ3n) is 5.93. The second-order valence-corrected chi connectivity index (χ2v) is 11.0. The molecule has 36 heavy (non-hydrogen) atoms. The summed E-state index contributed by atoms with van der Waals surface area (Å²) < 4.78 is 33.6. The predicted octanol–water partition coefficient (Wildman–Crippen LogP) is 4.26. The fraction of sp³-hybridized carbons (Fsp3) is 0.560. The molecule has 0 aliphatic heterocycles. The number of aliphatic hydroxyl groups is 1. The molecule has 1 aromatic heterocycles. The predicted molar refractivity (Wildman–Crippen MR) is 139 cm³/mol. The van der Waals surface area contributed by atoms with Crippen LogP contribution in [0.3, 0.4) is 0 Å². The SMILES string of the molecule is Cc1c(C)c(O)n(C(C)CCCC(C)C)c(=O)c1N=Nc1ccc(S(=O)(=O)NCCOCCO)cc1. The normalized spacial score (nSPS) is 13.1. The van der Waals surface area contributed by atoms with Gasteiger partial charge in [0.05, 0.1) is 30.4 Å². The summed E-state index contributed by atoms with van der Waals surface area (Å²) in [4.78, 5) is 13.3. The van der Waals surface area contributed by atoms with Crippen LogP contribution in [-0.4, -0.2) is 49.6 Å². The van der Waals surface area contributed by atoms with Crippen molar-refractivity contribution in [3.8, 4) is 5.88 Å². The molecule has 0 bridgehead atoms. The minimum absolute atomic E-state index is 0.0536. The molecular weight excluding hydrogens is 484 g/mol. The van der Waals surface area contributed by atoms with E-state index in [4.69, 9.17) is 9.84 Å². The highest BCUT2D eigenvalue weighted by atomic mass is 32.2. The van der Waals surface area contributed by atoms with Gasteiger partial charge in [0.2, 0.25) is 10.0 Å². The fourth-order valence-electron chi connectivity index (χ4n) is 3.67. The van der Waals surface area contributed by atoms with Crippen LogP contribution in [-0.2, 0) is 14.8 Å². The molecule has 0 saturated heterocycles. The molecule has 0 aliphatic carbocycles. The number of aromatic nitrogens is 1. The van der Waals surface area contributed by atoms with E-state index >= 15 is 0 Å². The number of azo groups is 1. The maximum Gasteiger partial charge on any atom is 0.281 e. The number of nitrogens with one attached hydrogen (secondary N) is 1. The van der Waals surface area contributed by atoms with Crippen molar-refractivity contribution in [2.45, 2.75) is 64.8 Å². The Morgan fingerprint density at radius 1 is 1.03 bits per heavy atom. The molecule has 2 rings (SSSR count). The Labute approximate surface area is 213 Å². The van der Waals surface area contributed by atoms with Gasteiger partial charge in [0.1, 0.15) is 0 Å². The summed E-state index contributed by atoms with van der Waals surface area (Å²) in [6.45, 7) is 9.89. The fourth-order valence-corrected chi connectivity index (χ4v) is 4.68. The lowest BCUT2D eigenvalue weighted by Gasteiger charge is -2.20. The Kier molecular flexibility index (Phi) is 11.2. The van der Waals surface area contributed by atoms with Gasteiger partial charge < -0.3 is 14.9 Å². The summed E-state index contributed by atoms with van der Waals surface area (Å²) in [6.07, 6.45) is 2.73. The van der Waals surface area contributed by atoms with Crippen LogP contribution in [0.2, 0.25) is 0 Å². The summed E-state index contributed by atoms with van der Waals surface area (Å²) in [5, 5.41) is 27.7. The number of aliphatic hydroxyl groups excluding tert-OH is 1.